The summed E-state index contributed by atoms with van der Waals surface area (Å²) in [5.41, 5.74) is 7.78. The maximum absolute atomic E-state index is 12.9. The van der Waals surface area contributed by atoms with Crippen LogP contribution in [0, 0.1) is 10.8 Å². The maximum atomic E-state index is 12.9. The van der Waals surface area contributed by atoms with E-state index in [9.17, 15) is 19.2 Å². The summed E-state index contributed by atoms with van der Waals surface area (Å²) in [7, 11) is 0. The first-order chi connectivity index (χ1) is 16.9. The SMILES string of the molecule is CC(C)(C)CC(=O)CN1CCN(C(=O)CCCC(=O)CCCCN=[N+]=[N-])CC1COC(=O)C1(C)CC1. The van der Waals surface area contributed by atoms with E-state index >= 15 is 0 Å². The number of esters is 1. The maximum Gasteiger partial charge on any atom is 0.311 e. The largest absolute Gasteiger partial charge is 0.464 e. The molecule has 10 heteroatoms. The zero-order valence-electron chi connectivity index (χ0n) is 22.5. The van der Waals surface area contributed by atoms with E-state index in [1.54, 1.807) is 4.90 Å². The number of rotatable bonds is 15. The van der Waals surface area contributed by atoms with Crippen LogP contribution in [0.2, 0.25) is 0 Å². The number of ether oxygens (including phenoxy) is 1. The van der Waals surface area contributed by atoms with Crippen molar-refractivity contribution in [3.63, 3.8) is 0 Å². The molecule has 0 bridgehead atoms. The van der Waals surface area contributed by atoms with Crippen molar-refractivity contribution in [2.24, 2.45) is 15.9 Å². The van der Waals surface area contributed by atoms with E-state index in [-0.39, 0.29) is 59.9 Å². The number of Topliss-reactive ketones (excluding diaryl/α,β-unsaturated/α-hetero) is 2. The number of piperazine rings is 1. The molecule has 0 aromatic rings. The van der Waals surface area contributed by atoms with E-state index in [1.165, 1.54) is 0 Å². The van der Waals surface area contributed by atoms with Gasteiger partial charge in [-0.3, -0.25) is 24.1 Å². The Bertz CT molecular complexity index is 842. The molecule has 1 saturated heterocycles. The molecule has 10 nitrogen and oxygen atoms in total. The minimum Gasteiger partial charge on any atom is -0.464 e. The van der Waals surface area contributed by atoms with Gasteiger partial charge in [-0.25, -0.2) is 0 Å². The Labute approximate surface area is 214 Å². The number of hydrogen-bond acceptors (Lipinski definition) is 7. The summed E-state index contributed by atoms with van der Waals surface area (Å²) in [6.45, 7) is 10.3. The molecule has 2 fully saturated rings. The number of carbonyl (C=O) groups excluding carboxylic acids is 4. The fourth-order valence-electron chi connectivity index (χ4n) is 4.37. The molecule has 0 N–H and O–H groups in total. The summed E-state index contributed by atoms with van der Waals surface area (Å²) in [6, 6.07) is -0.226. The summed E-state index contributed by atoms with van der Waals surface area (Å²) >= 11 is 0. The summed E-state index contributed by atoms with van der Waals surface area (Å²) in [5, 5.41) is 3.46. The summed E-state index contributed by atoms with van der Waals surface area (Å²) in [4.78, 5) is 56.4. The van der Waals surface area contributed by atoms with Crippen LogP contribution in [0.1, 0.15) is 85.5 Å². The molecule has 0 aromatic heterocycles. The van der Waals surface area contributed by atoms with Gasteiger partial charge in [0.25, 0.3) is 0 Å². The van der Waals surface area contributed by atoms with E-state index in [4.69, 9.17) is 10.3 Å². The van der Waals surface area contributed by atoms with Crippen molar-refractivity contribution in [2.45, 2.75) is 91.5 Å². The van der Waals surface area contributed by atoms with E-state index in [2.05, 4.69) is 10.0 Å². The molecule has 0 spiro atoms. The number of azide groups is 1. The molecular formula is C26H43N5O5. The highest BCUT2D eigenvalue weighted by Gasteiger charge is 2.47. The van der Waals surface area contributed by atoms with E-state index < -0.39 is 0 Å². The van der Waals surface area contributed by atoms with Crippen LogP contribution in [-0.2, 0) is 23.9 Å². The molecule has 2 rings (SSSR count). The van der Waals surface area contributed by atoms with Crippen LogP contribution in [-0.4, -0.2) is 78.6 Å². The van der Waals surface area contributed by atoms with Crippen molar-refractivity contribution < 1.29 is 23.9 Å². The van der Waals surface area contributed by atoms with Gasteiger partial charge in [0.2, 0.25) is 5.91 Å². The molecule has 1 aliphatic carbocycles. The third-order valence-electron chi connectivity index (χ3n) is 6.84. The second-order valence-corrected chi connectivity index (χ2v) is 11.7. The monoisotopic (exact) mass is 505 g/mol. The molecule has 1 amide bonds. The quantitative estimate of drug-likeness (QED) is 0.108. The van der Waals surface area contributed by atoms with Gasteiger partial charge in [0, 0.05) is 56.8 Å². The lowest BCUT2D eigenvalue weighted by atomic mass is 9.89. The Morgan fingerprint density at radius 2 is 1.72 bits per heavy atom. The van der Waals surface area contributed by atoms with Crippen LogP contribution in [0.25, 0.3) is 10.4 Å². The third kappa shape index (κ3) is 10.7. The van der Waals surface area contributed by atoms with Crippen molar-refractivity contribution in [3.8, 4) is 0 Å². The van der Waals surface area contributed by atoms with E-state index in [0.717, 1.165) is 12.8 Å². The predicted molar refractivity (Wildman–Crippen MR) is 136 cm³/mol. The van der Waals surface area contributed by atoms with Gasteiger partial charge in [0.05, 0.1) is 18.0 Å². The van der Waals surface area contributed by atoms with Gasteiger partial charge in [0.1, 0.15) is 18.2 Å². The first kappa shape index (κ1) is 29.8. The van der Waals surface area contributed by atoms with Crippen LogP contribution in [0.3, 0.4) is 0 Å². The molecule has 1 heterocycles. The zero-order valence-corrected chi connectivity index (χ0v) is 22.5. The van der Waals surface area contributed by atoms with Crippen molar-refractivity contribution in [2.75, 3.05) is 39.3 Å². The van der Waals surface area contributed by atoms with Gasteiger partial charge < -0.3 is 9.64 Å². The van der Waals surface area contributed by atoms with Gasteiger partial charge in [-0.05, 0) is 50.0 Å². The highest BCUT2D eigenvalue weighted by molar-refractivity contribution is 5.82. The molecule has 1 unspecified atom stereocenters. The second kappa shape index (κ2) is 13.7. The van der Waals surface area contributed by atoms with Gasteiger partial charge in [-0.15, -0.1) is 0 Å². The van der Waals surface area contributed by atoms with E-state index in [0.29, 0.717) is 64.7 Å². The minimum atomic E-state index is -0.382. The lowest BCUT2D eigenvalue weighted by Crippen LogP contribution is -2.57. The first-order valence-electron chi connectivity index (χ1n) is 13.2. The highest BCUT2D eigenvalue weighted by Crippen LogP contribution is 2.46. The lowest BCUT2D eigenvalue weighted by Gasteiger charge is -2.41. The molecule has 1 atom stereocenters. The van der Waals surface area contributed by atoms with Gasteiger partial charge in [-0.1, -0.05) is 25.9 Å². The van der Waals surface area contributed by atoms with Crippen LogP contribution in [0.5, 0.6) is 0 Å². The number of unbranched alkanes of at least 4 members (excludes halogenated alkanes) is 1. The normalized spacial score (nSPS) is 19.3. The Hall–Kier alpha value is -2.45. The Balaban J connectivity index is 1.84. The summed E-state index contributed by atoms with van der Waals surface area (Å²) in [5.74, 6) is 0.0390. The van der Waals surface area contributed by atoms with Crippen LogP contribution in [0.4, 0.5) is 0 Å². The average molecular weight is 506 g/mol. The first-order valence-corrected chi connectivity index (χ1v) is 13.2. The van der Waals surface area contributed by atoms with Crippen molar-refractivity contribution in [3.05, 3.63) is 10.4 Å². The zero-order chi connectivity index (χ0) is 26.8. The fourth-order valence-corrected chi connectivity index (χ4v) is 4.37. The average Bonchev–Trinajstić information content (AvgIpc) is 3.55. The van der Waals surface area contributed by atoms with Crippen LogP contribution >= 0.6 is 0 Å². The Morgan fingerprint density at radius 3 is 2.36 bits per heavy atom. The Kier molecular flexibility index (Phi) is 11.4. The number of carbonyl (C=O) groups is 4. The molecule has 0 aromatic carbocycles. The predicted octanol–water partition coefficient (Wildman–Crippen LogP) is 4.07. The number of amides is 1. The number of hydrogen-bond donors (Lipinski definition) is 0. The van der Waals surface area contributed by atoms with Crippen molar-refractivity contribution in [1.82, 2.24) is 9.80 Å². The number of nitrogens with zero attached hydrogens (tertiary/aromatic N) is 5. The van der Waals surface area contributed by atoms with Crippen molar-refractivity contribution >= 4 is 23.4 Å². The number of ketones is 2. The lowest BCUT2D eigenvalue weighted by molar-refractivity contribution is -0.152. The van der Waals surface area contributed by atoms with Gasteiger partial charge in [0.15, 0.2) is 0 Å². The molecule has 0 radical (unpaired) electrons. The third-order valence-corrected chi connectivity index (χ3v) is 6.84. The minimum absolute atomic E-state index is 0.0164. The standard InChI is InChI=1S/C26H43N5O5/c1-25(2,3)16-22(33)18-30-14-15-31(17-20(30)19-36-24(35)26(4)11-12-26)23(34)10-7-9-21(32)8-5-6-13-28-29-27/h20H,5-19H2,1-4H3. The molecule has 36 heavy (non-hydrogen) atoms. The van der Waals surface area contributed by atoms with Crippen LogP contribution < -0.4 is 0 Å². The van der Waals surface area contributed by atoms with Crippen molar-refractivity contribution in [1.29, 1.82) is 0 Å². The van der Waals surface area contributed by atoms with E-state index in [1.807, 2.05) is 32.6 Å². The smallest absolute Gasteiger partial charge is 0.311 e. The Morgan fingerprint density at radius 1 is 1.03 bits per heavy atom. The second-order valence-electron chi connectivity index (χ2n) is 11.7. The highest BCUT2D eigenvalue weighted by atomic mass is 16.5. The topological polar surface area (TPSA) is 133 Å². The molecular weight excluding hydrogens is 462 g/mol. The molecule has 202 valence electrons. The molecule has 2 aliphatic rings. The summed E-state index contributed by atoms with van der Waals surface area (Å²) in [6.07, 6.45) is 5.08. The summed E-state index contributed by atoms with van der Waals surface area (Å²) < 4.78 is 5.62. The van der Waals surface area contributed by atoms with Crippen LogP contribution in [0.15, 0.2) is 5.11 Å². The van der Waals surface area contributed by atoms with Gasteiger partial charge in [-0.2, -0.15) is 0 Å². The fraction of sp³-hybridized carbons (Fsp3) is 0.846. The molecule has 1 saturated carbocycles. The van der Waals surface area contributed by atoms with Gasteiger partial charge >= 0.3 is 5.97 Å². The molecule has 1 aliphatic heterocycles.